The molecule has 0 atom stereocenters. The van der Waals surface area contributed by atoms with Crippen molar-refractivity contribution < 1.29 is 0 Å². The fourth-order valence-corrected chi connectivity index (χ4v) is 2.13. The van der Waals surface area contributed by atoms with Gasteiger partial charge in [-0.3, -0.25) is 0 Å². The molecule has 0 spiro atoms. The highest BCUT2D eigenvalue weighted by Crippen LogP contribution is 2.29. The first kappa shape index (κ1) is 9.23. The Morgan fingerprint density at radius 1 is 1.64 bits per heavy atom. The van der Waals surface area contributed by atoms with Crippen molar-refractivity contribution in [3.8, 4) is 0 Å². The molecule has 0 aromatic carbocycles. The SMILES string of the molecule is CC(C)(CN)c1csc(Br)c1. The Kier molecular flexibility index (Phi) is 2.73. The van der Waals surface area contributed by atoms with Gasteiger partial charge >= 0.3 is 0 Å². The van der Waals surface area contributed by atoms with E-state index in [9.17, 15) is 0 Å². The van der Waals surface area contributed by atoms with Crippen molar-refractivity contribution in [3.05, 3.63) is 20.8 Å². The second-order valence-electron chi connectivity index (χ2n) is 3.23. The lowest BCUT2D eigenvalue weighted by Crippen LogP contribution is -2.27. The second-order valence-corrected chi connectivity index (χ2v) is 5.52. The summed E-state index contributed by atoms with van der Waals surface area (Å²) >= 11 is 5.14. The molecule has 1 nitrogen and oxygen atoms in total. The summed E-state index contributed by atoms with van der Waals surface area (Å²) in [6.45, 7) is 5.00. The molecule has 0 bridgehead atoms. The van der Waals surface area contributed by atoms with E-state index in [1.807, 2.05) is 0 Å². The molecular formula is C8H12BrNS. The average Bonchev–Trinajstić information content (AvgIpc) is 2.36. The first-order chi connectivity index (χ1) is 5.06. The van der Waals surface area contributed by atoms with Gasteiger partial charge in [-0.05, 0) is 32.9 Å². The predicted molar refractivity (Wildman–Crippen MR) is 54.1 cm³/mol. The summed E-state index contributed by atoms with van der Waals surface area (Å²) in [5, 5.41) is 2.15. The highest BCUT2D eigenvalue weighted by molar-refractivity contribution is 9.11. The zero-order chi connectivity index (χ0) is 8.48. The summed E-state index contributed by atoms with van der Waals surface area (Å²) in [6, 6.07) is 2.14. The van der Waals surface area contributed by atoms with Gasteiger partial charge in [0.25, 0.3) is 0 Å². The summed E-state index contributed by atoms with van der Waals surface area (Å²) in [5.41, 5.74) is 7.07. The molecule has 0 unspecified atom stereocenters. The Labute approximate surface area is 79.7 Å². The van der Waals surface area contributed by atoms with Gasteiger partial charge in [0, 0.05) is 12.0 Å². The van der Waals surface area contributed by atoms with Crippen LogP contribution in [0.25, 0.3) is 0 Å². The Bertz CT molecular complexity index is 242. The number of hydrogen-bond acceptors (Lipinski definition) is 2. The zero-order valence-corrected chi connectivity index (χ0v) is 9.13. The smallest absolute Gasteiger partial charge is 0.0701 e. The Morgan fingerprint density at radius 2 is 2.27 bits per heavy atom. The summed E-state index contributed by atoms with van der Waals surface area (Å²) in [4.78, 5) is 0. The molecule has 3 heteroatoms. The quantitative estimate of drug-likeness (QED) is 0.836. The lowest BCUT2D eigenvalue weighted by Gasteiger charge is -2.20. The van der Waals surface area contributed by atoms with E-state index in [2.05, 4.69) is 41.2 Å². The normalized spacial score (nSPS) is 12.0. The van der Waals surface area contributed by atoms with Crippen LogP contribution in [0.3, 0.4) is 0 Å². The van der Waals surface area contributed by atoms with Gasteiger partial charge in [0.05, 0.1) is 3.79 Å². The maximum absolute atomic E-state index is 5.64. The Balaban J connectivity index is 2.92. The molecule has 1 aromatic rings. The largest absolute Gasteiger partial charge is 0.330 e. The molecular weight excluding hydrogens is 222 g/mol. The van der Waals surface area contributed by atoms with Gasteiger partial charge in [0.1, 0.15) is 0 Å². The van der Waals surface area contributed by atoms with Gasteiger partial charge in [-0.1, -0.05) is 13.8 Å². The fourth-order valence-electron chi connectivity index (χ4n) is 0.783. The topological polar surface area (TPSA) is 26.0 Å². The van der Waals surface area contributed by atoms with Crippen LogP contribution in [0.2, 0.25) is 0 Å². The number of rotatable bonds is 2. The Morgan fingerprint density at radius 3 is 2.64 bits per heavy atom. The van der Waals surface area contributed by atoms with Gasteiger partial charge in [0.2, 0.25) is 0 Å². The summed E-state index contributed by atoms with van der Waals surface area (Å²) in [6.07, 6.45) is 0. The van der Waals surface area contributed by atoms with Gasteiger partial charge in [-0.25, -0.2) is 0 Å². The maximum atomic E-state index is 5.64. The summed E-state index contributed by atoms with van der Waals surface area (Å²) in [5.74, 6) is 0. The van der Waals surface area contributed by atoms with E-state index in [0.717, 1.165) is 0 Å². The molecule has 0 amide bonds. The number of halogens is 1. The van der Waals surface area contributed by atoms with Crippen LogP contribution in [0.1, 0.15) is 19.4 Å². The van der Waals surface area contributed by atoms with Gasteiger partial charge in [-0.15, -0.1) is 11.3 Å². The lowest BCUT2D eigenvalue weighted by molar-refractivity contribution is 0.541. The van der Waals surface area contributed by atoms with E-state index in [4.69, 9.17) is 5.73 Å². The highest BCUT2D eigenvalue weighted by Gasteiger charge is 2.19. The molecule has 0 saturated heterocycles. The van der Waals surface area contributed by atoms with Crippen molar-refractivity contribution in [1.29, 1.82) is 0 Å². The third-order valence-corrected chi connectivity index (χ3v) is 3.36. The van der Waals surface area contributed by atoms with Crippen LogP contribution in [0, 0.1) is 0 Å². The maximum Gasteiger partial charge on any atom is 0.0701 e. The van der Waals surface area contributed by atoms with Crippen LogP contribution in [0.15, 0.2) is 15.2 Å². The van der Waals surface area contributed by atoms with Crippen LogP contribution in [-0.2, 0) is 5.41 Å². The molecule has 0 saturated carbocycles. The van der Waals surface area contributed by atoms with E-state index < -0.39 is 0 Å². The van der Waals surface area contributed by atoms with E-state index in [1.54, 1.807) is 11.3 Å². The molecule has 0 aliphatic heterocycles. The molecule has 0 radical (unpaired) electrons. The number of nitrogens with two attached hydrogens (primary N) is 1. The summed E-state index contributed by atoms with van der Waals surface area (Å²) in [7, 11) is 0. The lowest BCUT2D eigenvalue weighted by atomic mass is 9.87. The van der Waals surface area contributed by atoms with Crippen LogP contribution in [0.5, 0.6) is 0 Å². The Hall–Kier alpha value is 0.140. The first-order valence-corrected chi connectivity index (χ1v) is 5.18. The minimum absolute atomic E-state index is 0.114. The van der Waals surface area contributed by atoms with Gasteiger partial charge in [0.15, 0.2) is 0 Å². The van der Waals surface area contributed by atoms with E-state index in [1.165, 1.54) is 9.35 Å². The number of thiophene rings is 1. The van der Waals surface area contributed by atoms with Gasteiger partial charge < -0.3 is 5.73 Å². The minimum Gasteiger partial charge on any atom is -0.330 e. The van der Waals surface area contributed by atoms with Crippen LogP contribution in [0.4, 0.5) is 0 Å². The first-order valence-electron chi connectivity index (χ1n) is 3.51. The minimum atomic E-state index is 0.114. The van der Waals surface area contributed by atoms with Crippen LogP contribution >= 0.6 is 27.3 Å². The molecule has 0 aliphatic carbocycles. The second kappa shape index (κ2) is 3.25. The fraction of sp³-hybridized carbons (Fsp3) is 0.500. The predicted octanol–water partition coefficient (Wildman–Crippen LogP) is 2.75. The van der Waals surface area contributed by atoms with Crippen molar-refractivity contribution in [2.24, 2.45) is 5.73 Å². The van der Waals surface area contributed by atoms with Crippen LogP contribution < -0.4 is 5.73 Å². The van der Waals surface area contributed by atoms with Crippen molar-refractivity contribution >= 4 is 27.3 Å². The molecule has 62 valence electrons. The molecule has 0 fully saturated rings. The molecule has 0 aliphatic rings. The molecule has 1 heterocycles. The molecule has 1 rings (SSSR count). The van der Waals surface area contributed by atoms with E-state index >= 15 is 0 Å². The molecule has 2 N–H and O–H groups in total. The molecule has 1 aromatic heterocycles. The van der Waals surface area contributed by atoms with Crippen molar-refractivity contribution in [1.82, 2.24) is 0 Å². The van der Waals surface area contributed by atoms with Gasteiger partial charge in [-0.2, -0.15) is 0 Å². The van der Waals surface area contributed by atoms with Crippen LogP contribution in [-0.4, -0.2) is 6.54 Å². The third-order valence-electron chi connectivity index (χ3n) is 1.86. The number of hydrogen-bond donors (Lipinski definition) is 1. The van der Waals surface area contributed by atoms with E-state index in [-0.39, 0.29) is 5.41 Å². The van der Waals surface area contributed by atoms with Crippen molar-refractivity contribution in [2.75, 3.05) is 6.54 Å². The average molecular weight is 234 g/mol. The third kappa shape index (κ3) is 2.04. The highest BCUT2D eigenvalue weighted by atomic mass is 79.9. The monoisotopic (exact) mass is 233 g/mol. The summed E-state index contributed by atoms with van der Waals surface area (Å²) < 4.78 is 1.18. The molecule has 11 heavy (non-hydrogen) atoms. The standard InChI is InChI=1S/C8H12BrNS/c1-8(2,5-10)6-3-7(9)11-4-6/h3-4H,5,10H2,1-2H3. The van der Waals surface area contributed by atoms with Crippen molar-refractivity contribution in [2.45, 2.75) is 19.3 Å². The zero-order valence-electron chi connectivity index (χ0n) is 6.73. The van der Waals surface area contributed by atoms with Crippen molar-refractivity contribution in [3.63, 3.8) is 0 Å². The van der Waals surface area contributed by atoms with E-state index in [0.29, 0.717) is 6.54 Å².